The third-order valence-corrected chi connectivity index (χ3v) is 11.1. The van der Waals surface area contributed by atoms with Crippen molar-refractivity contribution in [3.63, 3.8) is 0 Å². The molecule has 0 amide bonds. The summed E-state index contributed by atoms with van der Waals surface area (Å²) in [5, 5.41) is 2.45. The van der Waals surface area contributed by atoms with E-state index in [1.54, 1.807) is 0 Å². The predicted octanol–water partition coefficient (Wildman–Crippen LogP) is 4.96. The van der Waals surface area contributed by atoms with Gasteiger partial charge in [-0.25, -0.2) is 0 Å². The van der Waals surface area contributed by atoms with Gasteiger partial charge in [0.25, 0.3) is 8.32 Å². The molecular weight excluding hydrogens is 372 g/mol. The van der Waals surface area contributed by atoms with Crippen LogP contribution in [0.15, 0.2) is 60.7 Å². The molecule has 0 saturated carbocycles. The van der Waals surface area contributed by atoms with Crippen molar-refractivity contribution in [3.8, 4) is 12.3 Å². The van der Waals surface area contributed by atoms with E-state index in [9.17, 15) is 4.79 Å². The van der Waals surface area contributed by atoms with E-state index in [1.807, 2.05) is 12.1 Å². The minimum absolute atomic E-state index is 0.0649. The third-order valence-electron chi connectivity index (χ3n) is 6.06. The van der Waals surface area contributed by atoms with Crippen LogP contribution in [-0.2, 0) is 9.22 Å². The maximum absolute atomic E-state index is 11.9. The molecule has 1 atom stereocenters. The molecule has 154 valence electrons. The Morgan fingerprint density at radius 2 is 1.48 bits per heavy atom. The average Bonchev–Trinajstić information content (AvgIpc) is 2.74. The average molecular weight is 407 g/mol. The highest BCUT2D eigenvalue weighted by molar-refractivity contribution is 6.99. The molecule has 0 unspecified atom stereocenters. The van der Waals surface area contributed by atoms with Crippen LogP contribution >= 0.6 is 0 Å². The van der Waals surface area contributed by atoms with E-state index in [0.29, 0.717) is 25.9 Å². The van der Waals surface area contributed by atoms with Gasteiger partial charge in [0.2, 0.25) is 0 Å². The van der Waals surface area contributed by atoms with Gasteiger partial charge in [-0.05, 0) is 34.7 Å². The molecular formula is C26H34O2Si. The summed E-state index contributed by atoms with van der Waals surface area (Å²) in [6, 6.07) is 21.2. The van der Waals surface area contributed by atoms with Crippen LogP contribution in [-0.4, -0.2) is 21.2 Å². The summed E-state index contributed by atoms with van der Waals surface area (Å²) in [5.41, 5.74) is -0.405. The maximum Gasteiger partial charge on any atom is 0.261 e. The number of rotatable bonds is 10. The van der Waals surface area contributed by atoms with Crippen molar-refractivity contribution in [2.24, 2.45) is 5.41 Å². The van der Waals surface area contributed by atoms with Gasteiger partial charge >= 0.3 is 0 Å². The molecule has 0 radical (unpaired) electrons. The van der Waals surface area contributed by atoms with Gasteiger partial charge in [0.15, 0.2) is 0 Å². The first-order valence-corrected chi connectivity index (χ1v) is 12.4. The molecule has 2 aromatic carbocycles. The van der Waals surface area contributed by atoms with Gasteiger partial charge in [-0.15, -0.1) is 12.3 Å². The lowest BCUT2D eigenvalue weighted by molar-refractivity contribution is -0.117. The highest BCUT2D eigenvalue weighted by Gasteiger charge is 2.50. The second kappa shape index (κ2) is 10.0. The Morgan fingerprint density at radius 1 is 0.966 bits per heavy atom. The van der Waals surface area contributed by atoms with Crippen molar-refractivity contribution in [1.29, 1.82) is 0 Å². The van der Waals surface area contributed by atoms with Crippen LogP contribution in [0.1, 0.15) is 53.4 Å². The smallest absolute Gasteiger partial charge is 0.261 e. The molecule has 0 spiro atoms. The Hall–Kier alpha value is -2.15. The summed E-state index contributed by atoms with van der Waals surface area (Å²) < 4.78 is 6.93. The summed E-state index contributed by atoms with van der Waals surface area (Å²) in [6.45, 7) is 9.41. The second-order valence-corrected chi connectivity index (χ2v) is 13.1. The van der Waals surface area contributed by atoms with Crippen LogP contribution in [0.5, 0.6) is 0 Å². The summed E-state index contributed by atoms with van der Waals surface area (Å²) in [4.78, 5) is 11.9. The molecule has 0 aromatic heterocycles. The SMILES string of the molecule is C#CCC[C@@](C=O)(CC)CCO[Si](c1ccccc1)(c1ccccc1)C(C)(C)C. The Balaban J connectivity index is 2.44. The molecule has 2 aromatic rings. The lowest BCUT2D eigenvalue weighted by Gasteiger charge is -2.43. The Bertz CT molecular complexity index is 763. The van der Waals surface area contributed by atoms with Crippen molar-refractivity contribution in [2.75, 3.05) is 6.61 Å². The number of aldehydes is 1. The van der Waals surface area contributed by atoms with Crippen molar-refractivity contribution in [2.45, 2.75) is 58.4 Å². The van der Waals surface area contributed by atoms with Crippen molar-refractivity contribution in [1.82, 2.24) is 0 Å². The van der Waals surface area contributed by atoms with Gasteiger partial charge in [0.05, 0.1) is 0 Å². The van der Waals surface area contributed by atoms with Crippen molar-refractivity contribution >= 4 is 25.0 Å². The molecule has 2 rings (SSSR count). The largest absolute Gasteiger partial charge is 0.407 e. The van der Waals surface area contributed by atoms with Gasteiger partial charge in [-0.3, -0.25) is 0 Å². The van der Waals surface area contributed by atoms with Crippen molar-refractivity contribution in [3.05, 3.63) is 60.7 Å². The number of carbonyl (C=O) groups excluding carboxylic acids is 1. The standard InChI is InChI=1S/C26H34O2Si/c1-6-8-19-26(7-2,22-27)20-21-28-29(25(3,4)5,23-15-11-9-12-16-23)24-17-13-10-14-18-24/h1,9-18,22H,7-8,19-21H2,2-5H3/t26-/m0/s1. The third kappa shape index (κ3) is 5.07. The molecule has 0 aliphatic carbocycles. The van der Waals surface area contributed by atoms with Gasteiger partial charge in [-0.2, -0.15) is 0 Å². The van der Waals surface area contributed by atoms with Gasteiger partial charge < -0.3 is 9.22 Å². The van der Waals surface area contributed by atoms with Crippen LogP contribution < -0.4 is 10.4 Å². The zero-order valence-electron chi connectivity index (χ0n) is 18.3. The fourth-order valence-corrected chi connectivity index (χ4v) is 8.73. The fraction of sp³-hybridized carbons (Fsp3) is 0.423. The van der Waals surface area contributed by atoms with Crippen molar-refractivity contribution < 1.29 is 9.22 Å². The summed E-state index contributed by atoms with van der Waals surface area (Å²) in [5.74, 6) is 2.68. The minimum Gasteiger partial charge on any atom is -0.407 e. The van der Waals surface area contributed by atoms with E-state index >= 15 is 0 Å². The molecule has 0 N–H and O–H groups in total. The lowest BCUT2D eigenvalue weighted by Crippen LogP contribution is -2.66. The number of hydrogen-bond acceptors (Lipinski definition) is 2. The summed E-state index contributed by atoms with van der Waals surface area (Å²) in [7, 11) is -2.56. The van der Waals surface area contributed by atoms with Gasteiger partial charge in [0, 0.05) is 18.4 Å². The van der Waals surface area contributed by atoms with E-state index in [-0.39, 0.29) is 5.04 Å². The molecule has 0 aliphatic heterocycles. The number of benzene rings is 2. The lowest BCUT2D eigenvalue weighted by atomic mass is 9.79. The number of carbonyl (C=O) groups is 1. The fourth-order valence-electron chi connectivity index (χ4n) is 4.17. The van der Waals surface area contributed by atoms with Crippen LogP contribution in [0, 0.1) is 17.8 Å². The maximum atomic E-state index is 11.9. The molecule has 0 fully saturated rings. The molecule has 3 heteroatoms. The Morgan fingerprint density at radius 3 is 1.86 bits per heavy atom. The van der Waals surface area contributed by atoms with Gasteiger partial charge in [0.1, 0.15) is 6.29 Å². The zero-order valence-corrected chi connectivity index (χ0v) is 19.3. The summed E-state index contributed by atoms with van der Waals surface area (Å²) >= 11 is 0. The molecule has 0 bridgehead atoms. The molecule has 29 heavy (non-hydrogen) atoms. The zero-order chi connectivity index (χ0) is 21.4. The molecule has 0 aliphatic rings. The topological polar surface area (TPSA) is 26.3 Å². The van der Waals surface area contributed by atoms with E-state index in [0.717, 1.165) is 12.7 Å². The first-order chi connectivity index (χ1) is 13.8. The van der Waals surface area contributed by atoms with Gasteiger partial charge in [-0.1, -0.05) is 88.4 Å². The molecule has 0 heterocycles. The highest BCUT2D eigenvalue weighted by Crippen LogP contribution is 2.38. The Labute approximate surface area is 177 Å². The van der Waals surface area contributed by atoms with Crippen LogP contribution in [0.4, 0.5) is 0 Å². The predicted molar refractivity (Wildman–Crippen MR) is 125 cm³/mol. The quantitative estimate of drug-likeness (QED) is 0.317. The van der Waals surface area contributed by atoms with Crippen LogP contribution in [0.2, 0.25) is 5.04 Å². The second-order valence-electron chi connectivity index (χ2n) is 8.80. The molecule has 2 nitrogen and oxygen atoms in total. The number of terminal acetylenes is 1. The first-order valence-electron chi connectivity index (χ1n) is 10.5. The monoisotopic (exact) mass is 406 g/mol. The van der Waals surface area contributed by atoms with Crippen LogP contribution in [0.25, 0.3) is 0 Å². The molecule has 0 saturated heterocycles. The Kier molecular flexibility index (Phi) is 8.02. The van der Waals surface area contributed by atoms with Crippen LogP contribution in [0.3, 0.4) is 0 Å². The first kappa shape index (κ1) is 23.1. The van der Waals surface area contributed by atoms with E-state index in [1.165, 1.54) is 10.4 Å². The van der Waals surface area contributed by atoms with E-state index < -0.39 is 13.7 Å². The van der Waals surface area contributed by atoms with E-state index in [2.05, 4.69) is 82.1 Å². The number of hydrogen-bond donors (Lipinski definition) is 0. The normalized spacial score (nSPS) is 14.0. The van der Waals surface area contributed by atoms with E-state index in [4.69, 9.17) is 10.8 Å². The summed E-state index contributed by atoms with van der Waals surface area (Å²) in [6.07, 6.45) is 9.36. The minimum atomic E-state index is -2.56. The highest BCUT2D eigenvalue weighted by atomic mass is 28.4.